The van der Waals surface area contributed by atoms with E-state index in [1.165, 1.54) is 29.8 Å². The van der Waals surface area contributed by atoms with Gasteiger partial charge in [-0.15, -0.1) is 0 Å². The van der Waals surface area contributed by atoms with E-state index in [9.17, 15) is 19.7 Å². The Morgan fingerprint density at radius 2 is 1.76 bits per heavy atom. The Morgan fingerprint density at radius 1 is 1.07 bits per heavy atom. The van der Waals surface area contributed by atoms with Gasteiger partial charge < -0.3 is 15.1 Å². The smallest absolute Gasteiger partial charge is 0.270 e. The Labute approximate surface area is 169 Å². The van der Waals surface area contributed by atoms with Gasteiger partial charge >= 0.3 is 0 Å². The molecular weight excluding hydrogens is 372 g/mol. The summed E-state index contributed by atoms with van der Waals surface area (Å²) in [7, 11) is 0. The van der Waals surface area contributed by atoms with E-state index in [0.29, 0.717) is 13.1 Å². The fourth-order valence-electron chi connectivity index (χ4n) is 3.39. The van der Waals surface area contributed by atoms with Crippen LogP contribution in [-0.2, 0) is 4.79 Å². The lowest BCUT2D eigenvalue weighted by molar-refractivity contribution is -0.384. The number of nitrogens with zero attached hydrogens (tertiary/aromatic N) is 3. The second kappa shape index (κ2) is 8.72. The maximum absolute atomic E-state index is 12.7. The van der Waals surface area contributed by atoms with Gasteiger partial charge in [0.1, 0.15) is 6.04 Å². The van der Waals surface area contributed by atoms with Gasteiger partial charge in [0.25, 0.3) is 11.6 Å². The van der Waals surface area contributed by atoms with Crippen molar-refractivity contribution in [3.05, 3.63) is 69.8 Å². The van der Waals surface area contributed by atoms with E-state index >= 15 is 0 Å². The largest absolute Gasteiger partial charge is 0.368 e. The number of piperazine rings is 1. The third kappa shape index (κ3) is 4.90. The predicted molar refractivity (Wildman–Crippen MR) is 110 cm³/mol. The van der Waals surface area contributed by atoms with Gasteiger partial charge in [-0.05, 0) is 37.6 Å². The van der Waals surface area contributed by atoms with Crippen molar-refractivity contribution in [1.82, 2.24) is 10.2 Å². The third-order valence-electron chi connectivity index (χ3n) is 5.00. The van der Waals surface area contributed by atoms with Crippen molar-refractivity contribution >= 4 is 23.2 Å². The highest BCUT2D eigenvalue weighted by atomic mass is 16.6. The van der Waals surface area contributed by atoms with E-state index in [2.05, 4.69) is 35.3 Å². The number of anilines is 1. The highest BCUT2D eigenvalue weighted by molar-refractivity contribution is 5.97. The number of nitrogens with one attached hydrogen (secondary N) is 1. The number of aryl methyl sites for hydroxylation is 1. The lowest BCUT2D eigenvalue weighted by atomic mass is 10.1. The molecule has 0 saturated carbocycles. The third-order valence-corrected chi connectivity index (χ3v) is 5.00. The van der Waals surface area contributed by atoms with Crippen LogP contribution in [0, 0.1) is 17.0 Å². The maximum atomic E-state index is 12.7. The second-order valence-corrected chi connectivity index (χ2v) is 7.15. The van der Waals surface area contributed by atoms with Crippen molar-refractivity contribution in [2.24, 2.45) is 0 Å². The monoisotopic (exact) mass is 396 g/mol. The van der Waals surface area contributed by atoms with Gasteiger partial charge in [0.2, 0.25) is 5.91 Å². The van der Waals surface area contributed by atoms with Gasteiger partial charge in [-0.1, -0.05) is 18.2 Å². The zero-order chi connectivity index (χ0) is 21.0. The molecule has 152 valence electrons. The zero-order valence-electron chi connectivity index (χ0n) is 16.5. The fourth-order valence-corrected chi connectivity index (χ4v) is 3.39. The number of carbonyl (C=O) groups excluding carboxylic acids is 2. The summed E-state index contributed by atoms with van der Waals surface area (Å²) in [6.07, 6.45) is 0. The fraction of sp³-hybridized carbons (Fsp3) is 0.333. The van der Waals surface area contributed by atoms with Crippen LogP contribution in [0.4, 0.5) is 11.4 Å². The first-order valence-corrected chi connectivity index (χ1v) is 9.51. The molecule has 1 fully saturated rings. The maximum Gasteiger partial charge on any atom is 0.270 e. The number of hydrogen-bond acceptors (Lipinski definition) is 5. The first-order valence-electron chi connectivity index (χ1n) is 9.51. The summed E-state index contributed by atoms with van der Waals surface area (Å²) >= 11 is 0. The standard InChI is InChI=1S/C21H24N4O4/c1-15-5-3-7-18(13-15)23-9-11-24(12-10-23)21(27)16(2)22-20(26)17-6-4-8-19(14-17)25(28)29/h3-8,13-14,16H,9-12H2,1-2H3,(H,22,26). The summed E-state index contributed by atoms with van der Waals surface area (Å²) in [6.45, 7) is 6.27. The molecule has 8 nitrogen and oxygen atoms in total. The molecule has 1 N–H and O–H groups in total. The summed E-state index contributed by atoms with van der Waals surface area (Å²) in [4.78, 5) is 39.4. The topological polar surface area (TPSA) is 95.8 Å². The van der Waals surface area contributed by atoms with Crippen LogP contribution in [-0.4, -0.2) is 53.9 Å². The highest BCUT2D eigenvalue weighted by Gasteiger charge is 2.26. The van der Waals surface area contributed by atoms with Gasteiger partial charge in [-0.3, -0.25) is 19.7 Å². The van der Waals surface area contributed by atoms with Crippen LogP contribution in [0.3, 0.4) is 0 Å². The van der Waals surface area contributed by atoms with E-state index in [-0.39, 0.29) is 17.2 Å². The van der Waals surface area contributed by atoms with Gasteiger partial charge in [-0.2, -0.15) is 0 Å². The number of benzene rings is 2. The van der Waals surface area contributed by atoms with Crippen LogP contribution in [0.15, 0.2) is 48.5 Å². The first kappa shape index (κ1) is 20.3. The minimum absolute atomic E-state index is 0.156. The van der Waals surface area contributed by atoms with Crippen molar-refractivity contribution in [3.8, 4) is 0 Å². The van der Waals surface area contributed by atoms with Crippen LogP contribution in [0.2, 0.25) is 0 Å². The normalized spacial score (nSPS) is 15.0. The van der Waals surface area contributed by atoms with Gasteiger partial charge in [-0.25, -0.2) is 0 Å². The van der Waals surface area contributed by atoms with E-state index in [1.54, 1.807) is 11.8 Å². The van der Waals surface area contributed by atoms with Crippen molar-refractivity contribution in [1.29, 1.82) is 0 Å². The van der Waals surface area contributed by atoms with Crippen molar-refractivity contribution in [2.75, 3.05) is 31.1 Å². The molecule has 3 rings (SSSR count). The number of nitro groups is 1. The summed E-state index contributed by atoms with van der Waals surface area (Å²) in [6, 6.07) is 13.0. The SMILES string of the molecule is Cc1cccc(N2CCN(C(=O)C(C)NC(=O)c3cccc([N+](=O)[O-])c3)CC2)c1. The van der Waals surface area contributed by atoms with Gasteiger partial charge in [0.15, 0.2) is 0 Å². The lowest BCUT2D eigenvalue weighted by Crippen LogP contribution is -2.54. The number of carbonyl (C=O) groups is 2. The summed E-state index contributed by atoms with van der Waals surface area (Å²) in [5, 5.41) is 13.5. The molecule has 2 amide bonds. The molecule has 8 heteroatoms. The first-order chi connectivity index (χ1) is 13.8. The van der Waals surface area contributed by atoms with E-state index in [1.807, 2.05) is 6.07 Å². The second-order valence-electron chi connectivity index (χ2n) is 7.15. The number of hydrogen-bond donors (Lipinski definition) is 1. The van der Waals surface area contributed by atoms with E-state index in [4.69, 9.17) is 0 Å². The van der Waals surface area contributed by atoms with Crippen LogP contribution in [0.1, 0.15) is 22.8 Å². The Balaban J connectivity index is 1.56. The Hall–Kier alpha value is -3.42. The average molecular weight is 396 g/mol. The van der Waals surface area contributed by atoms with Crippen molar-refractivity contribution < 1.29 is 14.5 Å². The quantitative estimate of drug-likeness (QED) is 0.618. The average Bonchev–Trinajstić information content (AvgIpc) is 2.73. The molecular formula is C21H24N4O4. The van der Waals surface area contributed by atoms with E-state index < -0.39 is 16.9 Å². The number of non-ortho nitro benzene ring substituents is 1. The number of rotatable bonds is 5. The molecule has 1 unspecified atom stereocenters. The molecule has 1 aliphatic heterocycles. The lowest BCUT2D eigenvalue weighted by Gasteiger charge is -2.37. The Morgan fingerprint density at radius 3 is 2.41 bits per heavy atom. The van der Waals surface area contributed by atoms with Gasteiger partial charge in [0.05, 0.1) is 4.92 Å². The van der Waals surface area contributed by atoms with Gasteiger partial charge in [0, 0.05) is 49.6 Å². The molecule has 1 heterocycles. The summed E-state index contributed by atoms with van der Waals surface area (Å²) < 4.78 is 0. The highest BCUT2D eigenvalue weighted by Crippen LogP contribution is 2.18. The molecule has 29 heavy (non-hydrogen) atoms. The zero-order valence-corrected chi connectivity index (χ0v) is 16.5. The minimum atomic E-state index is -0.715. The Kier molecular flexibility index (Phi) is 6.11. The molecule has 2 aromatic rings. The molecule has 1 saturated heterocycles. The van der Waals surface area contributed by atoms with Crippen molar-refractivity contribution in [2.45, 2.75) is 19.9 Å². The summed E-state index contributed by atoms with van der Waals surface area (Å²) in [5.74, 6) is -0.666. The number of amides is 2. The van der Waals surface area contributed by atoms with Crippen LogP contribution < -0.4 is 10.2 Å². The van der Waals surface area contributed by atoms with Crippen LogP contribution in [0.25, 0.3) is 0 Å². The molecule has 2 aromatic carbocycles. The molecule has 0 aromatic heterocycles. The minimum Gasteiger partial charge on any atom is -0.368 e. The molecule has 1 aliphatic rings. The Bertz CT molecular complexity index is 922. The summed E-state index contributed by atoms with van der Waals surface area (Å²) in [5.41, 5.74) is 2.33. The predicted octanol–water partition coefficient (Wildman–Crippen LogP) is 2.37. The molecule has 1 atom stereocenters. The molecule has 0 spiro atoms. The number of nitro benzene ring substituents is 1. The molecule has 0 bridgehead atoms. The molecule has 0 aliphatic carbocycles. The van der Waals surface area contributed by atoms with E-state index in [0.717, 1.165) is 18.8 Å². The molecule has 0 radical (unpaired) electrons. The van der Waals surface area contributed by atoms with Crippen molar-refractivity contribution in [3.63, 3.8) is 0 Å². The van der Waals surface area contributed by atoms with Crippen LogP contribution in [0.5, 0.6) is 0 Å². The van der Waals surface area contributed by atoms with Crippen LogP contribution >= 0.6 is 0 Å².